The highest BCUT2D eigenvalue weighted by atomic mass is 16.5. The lowest BCUT2D eigenvalue weighted by Gasteiger charge is -2.27. The van der Waals surface area contributed by atoms with E-state index in [2.05, 4.69) is 18.3 Å². The van der Waals surface area contributed by atoms with Gasteiger partial charge in [0.15, 0.2) is 5.78 Å². The first-order chi connectivity index (χ1) is 14.4. The molecule has 0 heterocycles. The van der Waals surface area contributed by atoms with E-state index in [1.165, 1.54) is 0 Å². The van der Waals surface area contributed by atoms with Crippen molar-refractivity contribution < 1.29 is 14.3 Å². The third kappa shape index (κ3) is 7.78. The van der Waals surface area contributed by atoms with Gasteiger partial charge in [-0.2, -0.15) is 0 Å². The van der Waals surface area contributed by atoms with Gasteiger partial charge < -0.3 is 14.8 Å². The van der Waals surface area contributed by atoms with Gasteiger partial charge in [-0.3, -0.25) is 4.79 Å². The molecule has 0 aliphatic carbocycles. The Labute approximate surface area is 187 Å². The number of nitrogens with one attached hydrogen (secondary N) is 1. The van der Waals surface area contributed by atoms with Crippen LogP contribution in [0.5, 0.6) is 11.5 Å². The van der Waals surface area contributed by atoms with Crippen LogP contribution in [0.4, 0.5) is 5.69 Å². The Bertz CT molecular complexity index is 913. The Morgan fingerprint density at radius 3 is 2.03 bits per heavy atom. The lowest BCUT2D eigenvalue weighted by molar-refractivity contribution is 0.104. The highest BCUT2D eigenvalue weighted by Crippen LogP contribution is 2.35. The molecule has 4 heteroatoms. The van der Waals surface area contributed by atoms with Gasteiger partial charge in [-0.25, -0.2) is 0 Å². The van der Waals surface area contributed by atoms with Crippen LogP contribution in [0.15, 0.2) is 42.5 Å². The Morgan fingerprint density at radius 1 is 0.935 bits per heavy atom. The molecule has 0 unspecified atom stereocenters. The number of aryl methyl sites for hydroxylation is 1. The average Bonchev–Trinajstić information content (AvgIpc) is 2.66. The monoisotopic (exact) mass is 423 g/mol. The number of hydrogen-bond acceptors (Lipinski definition) is 4. The summed E-state index contributed by atoms with van der Waals surface area (Å²) in [5, 5.41) is 3.06. The number of hydrogen-bond donors (Lipinski definition) is 1. The number of carbonyl (C=O) groups excluding carboxylic acids is 1. The van der Waals surface area contributed by atoms with Gasteiger partial charge in [0.25, 0.3) is 0 Å². The van der Waals surface area contributed by atoms with Crippen LogP contribution in [-0.2, 0) is 6.42 Å². The number of ketones is 1. The Morgan fingerprint density at radius 2 is 1.52 bits per heavy atom. The molecule has 0 aromatic heterocycles. The molecule has 0 atom stereocenters. The summed E-state index contributed by atoms with van der Waals surface area (Å²) in [6.07, 6.45) is 5.34. The summed E-state index contributed by atoms with van der Waals surface area (Å²) in [5.74, 6) is 1.50. The third-order valence-electron chi connectivity index (χ3n) is 4.42. The number of carbonyl (C=O) groups is 1. The fourth-order valence-electron chi connectivity index (χ4n) is 3.13. The number of rotatable bonds is 8. The van der Waals surface area contributed by atoms with Crippen molar-refractivity contribution in [2.75, 3.05) is 12.4 Å². The molecule has 0 amide bonds. The zero-order valence-electron chi connectivity index (χ0n) is 20.3. The molecule has 2 rings (SSSR count). The van der Waals surface area contributed by atoms with Gasteiger partial charge in [0.1, 0.15) is 22.7 Å². The van der Waals surface area contributed by atoms with Gasteiger partial charge in [-0.15, -0.1) is 0 Å². The molecule has 2 aromatic rings. The highest BCUT2D eigenvalue weighted by molar-refractivity contribution is 6.07. The van der Waals surface area contributed by atoms with Crippen LogP contribution in [0.25, 0.3) is 6.08 Å². The molecular weight excluding hydrogens is 386 g/mol. The van der Waals surface area contributed by atoms with Crippen LogP contribution in [0.1, 0.15) is 76.4 Å². The molecule has 2 aromatic carbocycles. The molecule has 1 N–H and O–H groups in total. The normalized spacial score (nSPS) is 12.1. The summed E-state index contributed by atoms with van der Waals surface area (Å²) >= 11 is 0. The van der Waals surface area contributed by atoms with Crippen LogP contribution in [-0.4, -0.2) is 24.0 Å². The lowest BCUT2D eigenvalue weighted by atomic mass is 10.0. The second-order valence-corrected chi connectivity index (χ2v) is 9.70. The summed E-state index contributed by atoms with van der Waals surface area (Å²) in [6, 6.07) is 11.5. The molecule has 4 nitrogen and oxygen atoms in total. The average molecular weight is 424 g/mol. The molecule has 0 bridgehead atoms. The number of anilines is 1. The maximum Gasteiger partial charge on any atom is 0.185 e. The fraction of sp³-hybridized carbons (Fsp3) is 0.444. The molecule has 0 saturated carbocycles. The van der Waals surface area contributed by atoms with E-state index in [0.29, 0.717) is 11.3 Å². The second kappa shape index (κ2) is 10.0. The molecule has 0 aliphatic heterocycles. The molecule has 0 spiro atoms. The highest BCUT2D eigenvalue weighted by Gasteiger charge is 2.20. The molecule has 168 valence electrons. The summed E-state index contributed by atoms with van der Waals surface area (Å²) in [4.78, 5) is 12.7. The summed E-state index contributed by atoms with van der Waals surface area (Å²) in [6.45, 7) is 14.3. The number of benzene rings is 2. The Balaban J connectivity index is 2.45. The van der Waals surface area contributed by atoms with E-state index in [0.717, 1.165) is 35.4 Å². The zero-order chi connectivity index (χ0) is 23.2. The van der Waals surface area contributed by atoms with E-state index >= 15 is 0 Å². The molecular formula is C27H37NO3. The quantitative estimate of drug-likeness (QED) is 0.369. The Hall–Kier alpha value is -2.75. The molecule has 0 radical (unpaired) electrons. The largest absolute Gasteiger partial charge is 0.488 e. The molecule has 31 heavy (non-hydrogen) atoms. The van der Waals surface area contributed by atoms with Gasteiger partial charge in [0, 0.05) is 29.9 Å². The van der Waals surface area contributed by atoms with Crippen LogP contribution in [0.2, 0.25) is 0 Å². The minimum Gasteiger partial charge on any atom is -0.488 e. The predicted molar refractivity (Wildman–Crippen MR) is 131 cm³/mol. The maximum absolute atomic E-state index is 12.7. The number of ether oxygens (including phenoxy) is 2. The van der Waals surface area contributed by atoms with Gasteiger partial charge in [-0.1, -0.05) is 13.3 Å². The first-order valence-electron chi connectivity index (χ1n) is 11.0. The lowest BCUT2D eigenvalue weighted by Crippen LogP contribution is -2.25. The molecule has 0 fully saturated rings. The van der Waals surface area contributed by atoms with Crippen LogP contribution < -0.4 is 14.8 Å². The van der Waals surface area contributed by atoms with Gasteiger partial charge in [-0.05, 0) is 96.0 Å². The zero-order valence-corrected chi connectivity index (χ0v) is 20.3. The SMILES string of the molecule is CCCc1cc(/C=C/C(=O)c2ccc(NC)cc2)c(OC(C)(C)C)cc1OC(C)(C)C. The van der Waals surface area contributed by atoms with Crippen molar-refractivity contribution in [3.05, 3.63) is 59.2 Å². The van der Waals surface area contributed by atoms with Crippen molar-refractivity contribution in [3.8, 4) is 11.5 Å². The first kappa shape index (κ1) is 24.5. The standard InChI is InChI=1S/C27H37NO3/c1-9-10-20-17-21(13-16-23(29)19-11-14-22(28-8)15-12-19)25(31-27(5,6)7)18-24(20)30-26(2,3)4/h11-18,28H,9-10H2,1-8H3/b16-13+. The first-order valence-corrected chi connectivity index (χ1v) is 11.0. The summed E-state index contributed by atoms with van der Waals surface area (Å²) in [5.41, 5.74) is 2.92. The van der Waals surface area contributed by atoms with E-state index in [1.54, 1.807) is 6.08 Å². The van der Waals surface area contributed by atoms with E-state index in [9.17, 15) is 4.79 Å². The molecule has 0 aliphatic rings. The number of allylic oxidation sites excluding steroid dienone is 1. The van der Waals surface area contributed by atoms with Crippen LogP contribution in [0, 0.1) is 0 Å². The molecule has 0 saturated heterocycles. The van der Waals surface area contributed by atoms with E-state index in [4.69, 9.17) is 9.47 Å². The summed E-state index contributed by atoms with van der Waals surface area (Å²) in [7, 11) is 1.86. The van der Waals surface area contributed by atoms with Gasteiger partial charge >= 0.3 is 0 Å². The van der Waals surface area contributed by atoms with Gasteiger partial charge in [0.05, 0.1) is 0 Å². The van der Waals surface area contributed by atoms with Crippen molar-refractivity contribution in [1.29, 1.82) is 0 Å². The Kier molecular flexibility index (Phi) is 7.94. The summed E-state index contributed by atoms with van der Waals surface area (Å²) < 4.78 is 12.5. The van der Waals surface area contributed by atoms with Crippen molar-refractivity contribution in [3.63, 3.8) is 0 Å². The van der Waals surface area contributed by atoms with Crippen molar-refractivity contribution in [2.24, 2.45) is 0 Å². The third-order valence-corrected chi connectivity index (χ3v) is 4.42. The van der Waals surface area contributed by atoms with Crippen molar-refractivity contribution in [1.82, 2.24) is 0 Å². The maximum atomic E-state index is 12.7. The second-order valence-electron chi connectivity index (χ2n) is 9.70. The minimum absolute atomic E-state index is 0.0450. The fourth-order valence-corrected chi connectivity index (χ4v) is 3.13. The van der Waals surface area contributed by atoms with Gasteiger partial charge in [0.2, 0.25) is 0 Å². The van der Waals surface area contributed by atoms with Crippen molar-refractivity contribution in [2.45, 2.75) is 72.5 Å². The van der Waals surface area contributed by atoms with Crippen LogP contribution >= 0.6 is 0 Å². The van der Waals surface area contributed by atoms with Crippen molar-refractivity contribution >= 4 is 17.5 Å². The smallest absolute Gasteiger partial charge is 0.185 e. The van der Waals surface area contributed by atoms with E-state index in [1.807, 2.05) is 85.0 Å². The van der Waals surface area contributed by atoms with E-state index in [-0.39, 0.29) is 17.0 Å². The predicted octanol–water partition coefficient (Wildman–Crippen LogP) is 6.93. The minimum atomic E-state index is -0.374. The van der Waals surface area contributed by atoms with Crippen LogP contribution in [0.3, 0.4) is 0 Å². The van der Waals surface area contributed by atoms with E-state index < -0.39 is 0 Å². The topological polar surface area (TPSA) is 47.6 Å².